The average Bonchev–Trinajstić information content (AvgIpc) is 2.66. The topological polar surface area (TPSA) is 24.9 Å². The molecule has 0 aliphatic heterocycles. The number of hydrogen-bond donors (Lipinski definition) is 1. The average molecular weight is 328 g/mol. The Morgan fingerprint density at radius 2 is 1.64 bits per heavy atom. The Balaban J connectivity index is 1.66. The van der Waals surface area contributed by atoms with E-state index in [0.29, 0.717) is 0 Å². The molecular formula is C22H17FN2. The van der Waals surface area contributed by atoms with Crippen LogP contribution in [0.2, 0.25) is 0 Å². The van der Waals surface area contributed by atoms with E-state index in [-0.39, 0.29) is 5.82 Å². The van der Waals surface area contributed by atoms with Gasteiger partial charge in [-0.25, -0.2) is 9.37 Å². The largest absolute Gasteiger partial charge is 0.380 e. The molecule has 3 aromatic carbocycles. The van der Waals surface area contributed by atoms with Crippen molar-refractivity contribution in [2.45, 2.75) is 6.54 Å². The van der Waals surface area contributed by atoms with Gasteiger partial charge in [0.15, 0.2) is 0 Å². The lowest BCUT2D eigenvalue weighted by Gasteiger charge is -2.11. The number of benzene rings is 3. The number of anilines is 1. The molecule has 122 valence electrons. The summed E-state index contributed by atoms with van der Waals surface area (Å²) in [5.74, 6) is -0.252. The van der Waals surface area contributed by atoms with Crippen LogP contribution in [0.25, 0.3) is 22.2 Å². The first kappa shape index (κ1) is 15.3. The van der Waals surface area contributed by atoms with Crippen LogP contribution in [0.3, 0.4) is 0 Å². The van der Waals surface area contributed by atoms with Crippen molar-refractivity contribution in [2.75, 3.05) is 5.32 Å². The normalized spacial score (nSPS) is 10.8. The summed E-state index contributed by atoms with van der Waals surface area (Å²) >= 11 is 0. The number of hydrogen-bond acceptors (Lipinski definition) is 2. The van der Waals surface area contributed by atoms with Crippen molar-refractivity contribution in [3.8, 4) is 11.3 Å². The summed E-state index contributed by atoms with van der Waals surface area (Å²) in [6, 6.07) is 26.8. The van der Waals surface area contributed by atoms with Crippen LogP contribution in [0.1, 0.15) is 5.56 Å². The van der Waals surface area contributed by atoms with Gasteiger partial charge in [0.2, 0.25) is 0 Å². The molecule has 0 spiro atoms. The second-order valence-electron chi connectivity index (χ2n) is 5.92. The number of nitrogens with one attached hydrogen (secondary N) is 1. The fraction of sp³-hybridized carbons (Fsp3) is 0.0455. The molecule has 1 aromatic heterocycles. The van der Waals surface area contributed by atoms with Crippen molar-refractivity contribution in [1.82, 2.24) is 4.98 Å². The van der Waals surface area contributed by atoms with E-state index in [1.54, 1.807) is 6.07 Å². The number of pyridine rings is 1. The van der Waals surface area contributed by atoms with Crippen molar-refractivity contribution in [3.63, 3.8) is 0 Å². The summed E-state index contributed by atoms with van der Waals surface area (Å²) in [4.78, 5) is 4.70. The molecule has 0 saturated heterocycles. The van der Waals surface area contributed by atoms with Gasteiger partial charge in [0, 0.05) is 23.2 Å². The van der Waals surface area contributed by atoms with Crippen molar-refractivity contribution in [3.05, 3.63) is 96.3 Å². The lowest BCUT2D eigenvalue weighted by molar-refractivity contribution is 0.628. The molecule has 1 N–H and O–H groups in total. The van der Waals surface area contributed by atoms with Gasteiger partial charge < -0.3 is 5.32 Å². The zero-order valence-corrected chi connectivity index (χ0v) is 13.6. The molecule has 4 rings (SSSR count). The maximum Gasteiger partial charge on any atom is 0.123 e. The Morgan fingerprint density at radius 3 is 2.48 bits per heavy atom. The van der Waals surface area contributed by atoms with E-state index in [2.05, 4.69) is 23.5 Å². The quantitative estimate of drug-likeness (QED) is 0.523. The lowest BCUT2D eigenvalue weighted by Crippen LogP contribution is -2.00. The van der Waals surface area contributed by atoms with E-state index in [0.717, 1.165) is 34.4 Å². The highest BCUT2D eigenvalue weighted by atomic mass is 19.1. The van der Waals surface area contributed by atoms with Crippen molar-refractivity contribution in [1.29, 1.82) is 0 Å². The first-order chi connectivity index (χ1) is 12.3. The zero-order chi connectivity index (χ0) is 17.1. The van der Waals surface area contributed by atoms with E-state index < -0.39 is 0 Å². The summed E-state index contributed by atoms with van der Waals surface area (Å²) in [5.41, 5.74) is 4.71. The van der Waals surface area contributed by atoms with Crippen LogP contribution in [-0.2, 0) is 6.54 Å². The minimum atomic E-state index is -0.252. The summed E-state index contributed by atoms with van der Waals surface area (Å²) in [7, 11) is 0. The first-order valence-corrected chi connectivity index (χ1v) is 8.23. The number of aromatic nitrogens is 1. The van der Waals surface area contributed by atoms with E-state index in [1.165, 1.54) is 17.7 Å². The summed E-state index contributed by atoms with van der Waals surface area (Å²) in [6.45, 7) is 0.756. The third-order valence-electron chi connectivity index (χ3n) is 4.18. The van der Waals surface area contributed by atoms with Crippen LogP contribution in [-0.4, -0.2) is 4.98 Å². The number of fused-ring (bicyclic) bond motifs is 1. The summed E-state index contributed by atoms with van der Waals surface area (Å²) < 4.78 is 13.5. The molecule has 25 heavy (non-hydrogen) atoms. The molecule has 0 aliphatic carbocycles. The molecule has 0 unspecified atom stereocenters. The molecule has 1 heterocycles. The third kappa shape index (κ3) is 3.36. The van der Waals surface area contributed by atoms with Gasteiger partial charge in [-0.05, 0) is 42.0 Å². The van der Waals surface area contributed by atoms with Gasteiger partial charge in [-0.15, -0.1) is 0 Å². The smallest absolute Gasteiger partial charge is 0.123 e. The Hall–Kier alpha value is -3.20. The Morgan fingerprint density at radius 1 is 0.800 bits per heavy atom. The Labute approximate surface area is 146 Å². The minimum absolute atomic E-state index is 0.252. The second kappa shape index (κ2) is 6.73. The SMILES string of the molecule is Fc1cccc(-c2ccc3c(NCc4ccccc4)cccc3n2)c1. The summed E-state index contributed by atoms with van der Waals surface area (Å²) in [6.07, 6.45) is 0. The van der Waals surface area contributed by atoms with Gasteiger partial charge >= 0.3 is 0 Å². The molecule has 0 fully saturated rings. The molecular weight excluding hydrogens is 311 g/mol. The fourth-order valence-electron chi connectivity index (χ4n) is 2.91. The molecule has 0 radical (unpaired) electrons. The molecule has 0 amide bonds. The molecule has 0 aliphatic rings. The molecule has 4 aromatic rings. The van der Waals surface area contributed by atoms with Crippen LogP contribution in [0.5, 0.6) is 0 Å². The molecule has 0 saturated carbocycles. The highest BCUT2D eigenvalue weighted by molar-refractivity contribution is 5.92. The molecule has 0 atom stereocenters. The van der Waals surface area contributed by atoms with Gasteiger partial charge in [-0.1, -0.05) is 48.5 Å². The lowest BCUT2D eigenvalue weighted by atomic mass is 10.1. The van der Waals surface area contributed by atoms with Crippen LogP contribution in [0.4, 0.5) is 10.1 Å². The monoisotopic (exact) mass is 328 g/mol. The fourth-order valence-corrected chi connectivity index (χ4v) is 2.91. The van der Waals surface area contributed by atoms with Crippen LogP contribution in [0.15, 0.2) is 84.9 Å². The van der Waals surface area contributed by atoms with Crippen LogP contribution >= 0.6 is 0 Å². The van der Waals surface area contributed by atoms with E-state index in [1.807, 2.05) is 48.5 Å². The first-order valence-electron chi connectivity index (χ1n) is 8.23. The maximum absolute atomic E-state index is 13.5. The Kier molecular flexibility index (Phi) is 4.13. The number of halogens is 1. The zero-order valence-electron chi connectivity index (χ0n) is 13.6. The predicted octanol–water partition coefficient (Wildman–Crippen LogP) is 5.65. The summed E-state index contributed by atoms with van der Waals surface area (Å²) in [5, 5.41) is 4.53. The predicted molar refractivity (Wildman–Crippen MR) is 101 cm³/mol. The molecule has 2 nitrogen and oxygen atoms in total. The number of rotatable bonds is 4. The third-order valence-corrected chi connectivity index (χ3v) is 4.18. The van der Waals surface area contributed by atoms with Crippen molar-refractivity contribution in [2.24, 2.45) is 0 Å². The van der Waals surface area contributed by atoms with E-state index in [4.69, 9.17) is 4.98 Å². The highest BCUT2D eigenvalue weighted by Crippen LogP contribution is 2.26. The minimum Gasteiger partial charge on any atom is -0.380 e. The second-order valence-corrected chi connectivity index (χ2v) is 5.92. The van der Waals surface area contributed by atoms with Gasteiger partial charge in [0.05, 0.1) is 11.2 Å². The standard InChI is InChI=1S/C22H17FN2/c23-18-9-4-8-17(14-18)20-13-12-19-21(10-5-11-22(19)25-20)24-15-16-6-2-1-3-7-16/h1-14,24H,15H2. The molecule has 0 bridgehead atoms. The van der Waals surface area contributed by atoms with Crippen LogP contribution in [0, 0.1) is 5.82 Å². The van der Waals surface area contributed by atoms with Crippen molar-refractivity contribution >= 4 is 16.6 Å². The van der Waals surface area contributed by atoms with E-state index >= 15 is 0 Å². The van der Waals surface area contributed by atoms with Crippen molar-refractivity contribution < 1.29 is 4.39 Å². The Bertz CT molecular complexity index is 1010. The van der Waals surface area contributed by atoms with Gasteiger partial charge in [0.25, 0.3) is 0 Å². The highest BCUT2D eigenvalue weighted by Gasteiger charge is 2.06. The van der Waals surface area contributed by atoms with E-state index in [9.17, 15) is 4.39 Å². The van der Waals surface area contributed by atoms with Crippen LogP contribution < -0.4 is 5.32 Å². The maximum atomic E-state index is 13.5. The molecule has 3 heteroatoms. The van der Waals surface area contributed by atoms with Gasteiger partial charge in [-0.2, -0.15) is 0 Å². The van der Waals surface area contributed by atoms with Gasteiger partial charge in [0.1, 0.15) is 5.82 Å². The number of nitrogens with zero attached hydrogens (tertiary/aromatic N) is 1. The van der Waals surface area contributed by atoms with Gasteiger partial charge in [-0.3, -0.25) is 0 Å².